The van der Waals surface area contributed by atoms with E-state index in [0.717, 1.165) is 0 Å². The third-order valence-corrected chi connectivity index (χ3v) is 2.28. The van der Waals surface area contributed by atoms with Crippen molar-refractivity contribution < 1.29 is 19.7 Å². The molecule has 0 unspecified atom stereocenters. The fourth-order valence-electron chi connectivity index (χ4n) is 1.58. The minimum absolute atomic E-state index is 0.223. The van der Waals surface area contributed by atoms with Crippen molar-refractivity contribution in [1.82, 2.24) is 0 Å². The number of ether oxygens (including phenoxy) is 2. The van der Waals surface area contributed by atoms with Gasteiger partial charge >= 0.3 is 0 Å². The molecule has 0 spiro atoms. The zero-order chi connectivity index (χ0) is 9.42. The molecule has 7 heteroatoms. The van der Waals surface area contributed by atoms with E-state index in [1.807, 2.05) is 0 Å². The van der Waals surface area contributed by atoms with E-state index >= 15 is 0 Å². The highest BCUT2D eigenvalue weighted by molar-refractivity contribution is 4.97. The second-order valence-electron chi connectivity index (χ2n) is 3.05. The quantitative estimate of drug-likeness (QED) is 0.316. The lowest BCUT2D eigenvalue weighted by molar-refractivity contribution is -0.189. The lowest BCUT2D eigenvalue weighted by Gasteiger charge is -2.32. The molecule has 0 aromatic carbocycles. The summed E-state index contributed by atoms with van der Waals surface area (Å²) in [6.45, 7) is 0.223. The van der Waals surface area contributed by atoms with Gasteiger partial charge in [-0.25, -0.2) is 0 Å². The smallest absolute Gasteiger partial charge is 0.184 e. The molecule has 0 aromatic rings. The number of hydrogen-bond donors (Lipinski definition) is 2. The molecule has 5 atom stereocenters. The average Bonchev–Trinajstić information content (AvgIpc) is 2.56. The van der Waals surface area contributed by atoms with Crippen molar-refractivity contribution >= 4 is 0 Å². The molecule has 2 N–H and O–H groups in total. The first-order valence-electron chi connectivity index (χ1n) is 3.91. The third kappa shape index (κ3) is 1.27. The van der Waals surface area contributed by atoms with E-state index in [-0.39, 0.29) is 6.61 Å². The Morgan fingerprint density at radius 2 is 2.15 bits per heavy atom. The van der Waals surface area contributed by atoms with Gasteiger partial charge in [0.25, 0.3) is 0 Å². The zero-order valence-corrected chi connectivity index (χ0v) is 6.65. The van der Waals surface area contributed by atoms with Gasteiger partial charge in [-0.05, 0) is 5.53 Å². The summed E-state index contributed by atoms with van der Waals surface area (Å²) in [5.41, 5.74) is 8.20. The molecule has 13 heavy (non-hydrogen) atoms. The Labute approximate surface area is 73.5 Å². The molecule has 0 saturated carbocycles. The second kappa shape index (κ2) is 3.13. The van der Waals surface area contributed by atoms with Crippen LogP contribution >= 0.6 is 0 Å². The Bertz CT molecular complexity index is 238. The van der Waals surface area contributed by atoms with Crippen LogP contribution in [0, 0.1) is 0 Å². The van der Waals surface area contributed by atoms with Crippen molar-refractivity contribution in [2.45, 2.75) is 30.6 Å². The maximum absolute atomic E-state index is 9.53. The number of aliphatic hydroxyl groups is 2. The lowest BCUT2D eigenvalue weighted by Crippen LogP contribution is -2.52. The minimum Gasteiger partial charge on any atom is -0.390 e. The van der Waals surface area contributed by atoms with Crippen LogP contribution in [0.25, 0.3) is 10.4 Å². The van der Waals surface area contributed by atoms with Crippen LogP contribution < -0.4 is 0 Å². The van der Waals surface area contributed by atoms with Gasteiger partial charge in [0.1, 0.15) is 12.2 Å². The van der Waals surface area contributed by atoms with Crippen LogP contribution in [0.3, 0.4) is 0 Å². The predicted octanol–water partition coefficient (Wildman–Crippen LogP) is -0.858. The van der Waals surface area contributed by atoms with Crippen LogP contribution in [-0.2, 0) is 9.47 Å². The SMILES string of the molecule is [N-]=[N+]=N[C@H]1[C@@H](O)[C@H]2CO[C@H](O2)[C@@H]1O. The van der Waals surface area contributed by atoms with Gasteiger partial charge in [-0.15, -0.1) is 0 Å². The number of azide groups is 1. The normalized spacial score (nSPS) is 48.6. The van der Waals surface area contributed by atoms with E-state index in [9.17, 15) is 10.2 Å². The van der Waals surface area contributed by atoms with E-state index < -0.39 is 30.6 Å². The van der Waals surface area contributed by atoms with Gasteiger partial charge in [-0.1, -0.05) is 5.11 Å². The minimum atomic E-state index is -1.09. The van der Waals surface area contributed by atoms with Gasteiger partial charge in [-0.3, -0.25) is 0 Å². The maximum atomic E-state index is 9.53. The molecule has 2 heterocycles. The molecule has 7 nitrogen and oxygen atoms in total. The van der Waals surface area contributed by atoms with Gasteiger partial charge in [0.2, 0.25) is 0 Å². The van der Waals surface area contributed by atoms with Crippen molar-refractivity contribution in [3.05, 3.63) is 10.4 Å². The summed E-state index contributed by atoms with van der Waals surface area (Å²) in [4.78, 5) is 2.55. The third-order valence-electron chi connectivity index (χ3n) is 2.28. The van der Waals surface area contributed by atoms with E-state index in [4.69, 9.17) is 15.0 Å². The second-order valence-corrected chi connectivity index (χ2v) is 3.05. The van der Waals surface area contributed by atoms with Gasteiger partial charge < -0.3 is 19.7 Å². The zero-order valence-electron chi connectivity index (χ0n) is 6.65. The van der Waals surface area contributed by atoms with Crippen LogP contribution in [0.4, 0.5) is 0 Å². The van der Waals surface area contributed by atoms with E-state index in [2.05, 4.69) is 10.0 Å². The molecule has 0 radical (unpaired) electrons. The van der Waals surface area contributed by atoms with Gasteiger partial charge in [0.05, 0.1) is 18.8 Å². The Morgan fingerprint density at radius 1 is 1.38 bits per heavy atom. The molecule has 2 bridgehead atoms. The first-order chi connectivity index (χ1) is 6.24. The van der Waals surface area contributed by atoms with Crippen LogP contribution in [0.15, 0.2) is 5.11 Å². The van der Waals surface area contributed by atoms with Crippen molar-refractivity contribution in [3.8, 4) is 0 Å². The maximum Gasteiger partial charge on any atom is 0.184 e. The van der Waals surface area contributed by atoms with Crippen LogP contribution in [0.5, 0.6) is 0 Å². The number of rotatable bonds is 1. The summed E-state index contributed by atoms with van der Waals surface area (Å²) >= 11 is 0. The summed E-state index contributed by atoms with van der Waals surface area (Å²) in [7, 11) is 0. The molecule has 72 valence electrons. The first kappa shape index (κ1) is 8.74. The van der Waals surface area contributed by atoms with Crippen molar-refractivity contribution in [3.63, 3.8) is 0 Å². The fourth-order valence-corrected chi connectivity index (χ4v) is 1.58. The van der Waals surface area contributed by atoms with Crippen molar-refractivity contribution in [2.24, 2.45) is 5.11 Å². The molecule has 2 rings (SSSR count). The highest BCUT2D eigenvalue weighted by atomic mass is 16.7. The summed E-state index contributed by atoms with van der Waals surface area (Å²) < 4.78 is 10.1. The van der Waals surface area contributed by atoms with Crippen LogP contribution in [0.2, 0.25) is 0 Å². The largest absolute Gasteiger partial charge is 0.390 e. The molecule has 2 aliphatic rings. The van der Waals surface area contributed by atoms with Gasteiger partial charge in [-0.2, -0.15) is 0 Å². The first-order valence-corrected chi connectivity index (χ1v) is 3.91. The van der Waals surface area contributed by atoms with Crippen LogP contribution in [-0.4, -0.2) is 47.5 Å². The number of nitrogens with zero attached hydrogens (tertiary/aromatic N) is 3. The molecule has 0 aromatic heterocycles. The topological polar surface area (TPSA) is 108 Å². The van der Waals surface area contributed by atoms with E-state index in [0.29, 0.717) is 0 Å². The molecule has 0 aliphatic carbocycles. The number of hydrogen-bond acceptors (Lipinski definition) is 5. The Morgan fingerprint density at radius 3 is 2.85 bits per heavy atom. The molecular formula is C6H9N3O4. The van der Waals surface area contributed by atoms with Crippen LogP contribution in [0.1, 0.15) is 0 Å². The Kier molecular flexibility index (Phi) is 2.10. The van der Waals surface area contributed by atoms with Gasteiger partial charge in [0, 0.05) is 4.91 Å². The highest BCUT2D eigenvalue weighted by Crippen LogP contribution is 2.29. The predicted molar refractivity (Wildman–Crippen MR) is 39.6 cm³/mol. The molecule has 2 aliphatic heterocycles. The standard InChI is InChI=1S/C6H9N3O4/c7-9-8-3-4(10)2-1-12-6(13-2)5(3)11/h2-6,10-11H,1H2/t2-,3+,4+,5-,6-/m1/s1. The highest BCUT2D eigenvalue weighted by Gasteiger charge is 2.49. The summed E-state index contributed by atoms with van der Waals surface area (Å²) in [6.07, 6.45) is -3.36. The van der Waals surface area contributed by atoms with Gasteiger partial charge in [0.15, 0.2) is 6.29 Å². The molecular weight excluding hydrogens is 178 g/mol. The van der Waals surface area contributed by atoms with Crippen molar-refractivity contribution in [2.75, 3.05) is 6.61 Å². The Balaban J connectivity index is 2.21. The number of aliphatic hydroxyl groups excluding tert-OH is 2. The molecule has 2 saturated heterocycles. The Hall–Kier alpha value is -0.850. The van der Waals surface area contributed by atoms with Crippen molar-refractivity contribution in [1.29, 1.82) is 0 Å². The molecule has 0 amide bonds. The lowest BCUT2D eigenvalue weighted by atomic mass is 9.99. The molecule has 2 fully saturated rings. The van der Waals surface area contributed by atoms with E-state index in [1.54, 1.807) is 0 Å². The fraction of sp³-hybridized carbons (Fsp3) is 1.00. The summed E-state index contributed by atoms with van der Waals surface area (Å²) in [5.74, 6) is 0. The summed E-state index contributed by atoms with van der Waals surface area (Å²) in [5, 5.41) is 22.3. The summed E-state index contributed by atoms with van der Waals surface area (Å²) in [6, 6.07) is -0.878. The number of fused-ring (bicyclic) bond motifs is 2. The van der Waals surface area contributed by atoms with E-state index in [1.165, 1.54) is 0 Å². The average molecular weight is 187 g/mol. The monoisotopic (exact) mass is 187 g/mol.